The number of amides is 3. The van der Waals surface area contributed by atoms with E-state index in [9.17, 15) is 32.3 Å². The Hall–Kier alpha value is -5.23. The van der Waals surface area contributed by atoms with Crippen molar-refractivity contribution in [3.63, 3.8) is 0 Å². The van der Waals surface area contributed by atoms with Crippen LogP contribution in [0.15, 0.2) is 24.8 Å². The first-order chi connectivity index (χ1) is 24.7. The molecule has 4 rings (SSSR count). The van der Waals surface area contributed by atoms with E-state index in [0.29, 0.717) is 4.90 Å². The van der Waals surface area contributed by atoms with Crippen molar-refractivity contribution in [2.75, 3.05) is 30.0 Å². The smallest absolute Gasteiger partial charge is 0.425 e. The number of anilines is 2. The van der Waals surface area contributed by atoms with Gasteiger partial charge in [-0.1, -0.05) is 0 Å². The lowest BCUT2D eigenvalue weighted by Crippen LogP contribution is -2.57. The van der Waals surface area contributed by atoms with E-state index < -0.39 is 77.1 Å². The van der Waals surface area contributed by atoms with Crippen LogP contribution in [0.25, 0.3) is 11.2 Å². The van der Waals surface area contributed by atoms with Crippen LogP contribution in [-0.2, 0) is 36.7 Å². The molecule has 19 heteroatoms. The van der Waals surface area contributed by atoms with Crippen molar-refractivity contribution in [3.05, 3.63) is 41.7 Å². The number of aromatic nitrogens is 4. The number of benzene rings is 1. The zero-order valence-electron chi connectivity index (χ0n) is 31.8. The van der Waals surface area contributed by atoms with Crippen LogP contribution < -0.4 is 15.1 Å². The molecule has 1 aromatic carbocycles. The van der Waals surface area contributed by atoms with E-state index in [4.69, 9.17) is 18.9 Å². The Morgan fingerprint density at radius 3 is 2.00 bits per heavy atom. The van der Waals surface area contributed by atoms with Crippen molar-refractivity contribution in [2.24, 2.45) is 0 Å². The fraction of sp³-hybridized carbons (Fsp3) is 0.571. The number of fused-ring (bicyclic) bond motifs is 1. The molecule has 296 valence electrons. The minimum atomic E-state index is -4.83. The normalized spacial score (nSPS) is 16.6. The average molecular weight is 768 g/mol. The number of ether oxygens (including phenoxy) is 4. The maximum Gasteiger partial charge on any atom is 0.425 e. The first-order valence-electron chi connectivity index (χ1n) is 16.9. The maximum atomic E-state index is 15.4. The summed E-state index contributed by atoms with van der Waals surface area (Å²) in [5.74, 6) is -2.30. The third-order valence-electron chi connectivity index (χ3n) is 7.73. The number of alkyl carbamates (subject to hydrolysis) is 1. The van der Waals surface area contributed by atoms with Crippen LogP contribution in [-0.4, -0.2) is 92.5 Å². The minimum absolute atomic E-state index is 0.0277. The molecule has 1 saturated heterocycles. The number of carbonyl (C=O) groups excluding carboxylic acids is 4. The number of hydrogen-bond acceptors (Lipinski definition) is 12. The first-order valence-corrected chi connectivity index (χ1v) is 16.9. The Kier molecular flexibility index (Phi) is 11.5. The fourth-order valence-electron chi connectivity index (χ4n) is 5.73. The van der Waals surface area contributed by atoms with Gasteiger partial charge in [-0.3, -0.25) is 0 Å². The van der Waals surface area contributed by atoms with E-state index in [1.807, 2.05) is 0 Å². The molecular weight excluding hydrogens is 722 g/mol. The molecule has 3 aromatic rings. The summed E-state index contributed by atoms with van der Waals surface area (Å²) in [5, 5.41) is 2.57. The Morgan fingerprint density at radius 2 is 1.46 bits per heavy atom. The van der Waals surface area contributed by atoms with Gasteiger partial charge in [0.05, 0.1) is 32.9 Å². The van der Waals surface area contributed by atoms with Crippen LogP contribution >= 0.6 is 0 Å². The van der Waals surface area contributed by atoms with Gasteiger partial charge in [-0.2, -0.15) is 18.1 Å². The van der Waals surface area contributed by atoms with Crippen molar-refractivity contribution >= 4 is 46.9 Å². The van der Waals surface area contributed by atoms with Gasteiger partial charge in [-0.15, -0.1) is 0 Å². The van der Waals surface area contributed by atoms with Crippen LogP contribution in [0.4, 0.5) is 43.5 Å². The molecule has 2 aromatic heterocycles. The standard InChI is InChI=1S/C35H45F4N7O8/c1-31(2,3)52-28(48)43-34(27(47)51-10)13-14-44(17-34)23-12-11-22(36)20(15-35(37,38)39)21(23)16-45-19-42-24-25(45)40-18-41-26(24)46(29(49)53-32(4,5)6)30(50)54-33(7,8)9/h11-12,18-19H,13-17H2,1-10H3,(H,43,48)/t34-/m1/s1. The second-order valence-electron chi connectivity index (χ2n) is 15.7. The molecule has 0 unspecified atom stereocenters. The summed E-state index contributed by atoms with van der Waals surface area (Å²) >= 11 is 0. The highest BCUT2D eigenvalue weighted by atomic mass is 19.4. The fourth-order valence-corrected chi connectivity index (χ4v) is 5.73. The summed E-state index contributed by atoms with van der Waals surface area (Å²) < 4.78 is 80.0. The van der Waals surface area contributed by atoms with Gasteiger partial charge >= 0.3 is 30.4 Å². The topological polar surface area (TPSA) is 167 Å². The molecule has 1 aliphatic rings. The highest BCUT2D eigenvalue weighted by Gasteiger charge is 2.49. The molecule has 0 bridgehead atoms. The molecule has 3 heterocycles. The lowest BCUT2D eigenvalue weighted by Gasteiger charge is -2.30. The van der Waals surface area contributed by atoms with Crippen LogP contribution in [0.5, 0.6) is 0 Å². The van der Waals surface area contributed by atoms with Crippen LogP contribution in [0.3, 0.4) is 0 Å². The highest BCUT2D eigenvalue weighted by molar-refractivity contribution is 6.12. The van der Waals surface area contributed by atoms with Crippen molar-refractivity contribution in [1.29, 1.82) is 0 Å². The largest absolute Gasteiger partial charge is 0.467 e. The van der Waals surface area contributed by atoms with Crippen molar-refractivity contribution in [1.82, 2.24) is 24.8 Å². The summed E-state index contributed by atoms with van der Waals surface area (Å²) in [7, 11) is 1.13. The monoisotopic (exact) mass is 767 g/mol. The van der Waals surface area contributed by atoms with E-state index >= 15 is 4.39 Å². The Balaban J connectivity index is 1.84. The molecule has 0 radical (unpaired) electrons. The summed E-state index contributed by atoms with van der Waals surface area (Å²) in [6, 6.07) is 2.17. The van der Waals surface area contributed by atoms with Gasteiger partial charge in [0.25, 0.3) is 0 Å². The van der Waals surface area contributed by atoms with E-state index in [-0.39, 0.29) is 47.7 Å². The SMILES string of the molecule is COC(=O)[C@@]1(NC(=O)OC(C)(C)C)CCN(c2ccc(F)c(CC(F)(F)F)c2Cn2cnc3c(N(C(=O)OC(C)(C)C)C(=O)OC(C)(C)C)ncnc32)C1. The summed E-state index contributed by atoms with van der Waals surface area (Å²) in [6.45, 7) is 13.7. The second-order valence-corrected chi connectivity index (χ2v) is 15.7. The van der Waals surface area contributed by atoms with E-state index in [0.717, 1.165) is 19.5 Å². The lowest BCUT2D eigenvalue weighted by molar-refractivity contribution is -0.147. The number of methoxy groups -OCH3 is 1. The zero-order valence-corrected chi connectivity index (χ0v) is 31.8. The number of imidazole rings is 1. The molecule has 3 amide bonds. The second kappa shape index (κ2) is 14.9. The quantitative estimate of drug-likeness (QED) is 0.159. The number of carbonyl (C=O) groups is 4. The molecule has 54 heavy (non-hydrogen) atoms. The predicted octanol–water partition coefficient (Wildman–Crippen LogP) is 6.44. The average Bonchev–Trinajstić information content (AvgIpc) is 3.61. The summed E-state index contributed by atoms with van der Waals surface area (Å²) in [5.41, 5.74) is -5.54. The molecule has 0 spiro atoms. The molecule has 0 saturated carbocycles. The highest BCUT2D eigenvalue weighted by Crippen LogP contribution is 2.37. The number of alkyl halides is 3. The number of nitrogens with zero attached hydrogens (tertiary/aromatic N) is 6. The number of rotatable bonds is 7. The molecule has 1 atom stereocenters. The van der Waals surface area contributed by atoms with Crippen molar-refractivity contribution < 1.29 is 55.7 Å². The number of halogens is 4. The van der Waals surface area contributed by atoms with Crippen molar-refractivity contribution in [3.8, 4) is 0 Å². The maximum absolute atomic E-state index is 15.4. The van der Waals surface area contributed by atoms with Crippen molar-refractivity contribution in [2.45, 2.75) is 110 Å². The third-order valence-corrected chi connectivity index (χ3v) is 7.73. The molecule has 15 nitrogen and oxygen atoms in total. The lowest BCUT2D eigenvalue weighted by atomic mass is 9.98. The Bertz CT molecular complexity index is 1890. The number of nitrogens with one attached hydrogen (secondary N) is 1. The van der Waals surface area contributed by atoms with E-state index in [1.165, 1.54) is 21.9 Å². The number of esters is 1. The van der Waals surface area contributed by atoms with Crippen LogP contribution in [0, 0.1) is 5.82 Å². The Morgan fingerprint density at radius 1 is 0.870 bits per heavy atom. The zero-order chi connectivity index (χ0) is 40.6. The van der Waals surface area contributed by atoms with Crippen LogP contribution in [0.2, 0.25) is 0 Å². The summed E-state index contributed by atoms with van der Waals surface area (Å²) in [6.07, 6.45) is -7.52. The molecule has 1 N–H and O–H groups in total. The van der Waals surface area contributed by atoms with Gasteiger partial charge in [0, 0.05) is 29.8 Å². The van der Waals surface area contributed by atoms with Crippen LogP contribution in [0.1, 0.15) is 79.9 Å². The van der Waals surface area contributed by atoms with E-state index in [2.05, 4.69) is 20.3 Å². The number of hydrogen-bond donors (Lipinski definition) is 1. The van der Waals surface area contributed by atoms with Gasteiger partial charge in [-0.05, 0) is 74.4 Å². The van der Waals surface area contributed by atoms with Gasteiger partial charge in [0.15, 0.2) is 22.5 Å². The predicted molar refractivity (Wildman–Crippen MR) is 186 cm³/mol. The molecule has 1 aliphatic heterocycles. The first kappa shape index (κ1) is 41.5. The van der Waals surface area contributed by atoms with E-state index in [1.54, 1.807) is 62.3 Å². The minimum Gasteiger partial charge on any atom is -0.467 e. The third kappa shape index (κ3) is 10.0. The van der Waals surface area contributed by atoms with Gasteiger partial charge in [-0.25, -0.2) is 38.5 Å². The van der Waals surface area contributed by atoms with Gasteiger partial charge in [0.2, 0.25) is 0 Å². The molecular formula is C35H45F4N7O8. The molecule has 1 fully saturated rings. The Labute approximate surface area is 309 Å². The summed E-state index contributed by atoms with van der Waals surface area (Å²) in [4.78, 5) is 67.4. The van der Waals surface area contributed by atoms with Gasteiger partial charge < -0.3 is 33.7 Å². The molecule has 0 aliphatic carbocycles. The number of imide groups is 1. The van der Waals surface area contributed by atoms with Gasteiger partial charge in [0.1, 0.15) is 28.9 Å².